The van der Waals surface area contributed by atoms with Crippen molar-refractivity contribution in [2.24, 2.45) is 0 Å². The van der Waals surface area contributed by atoms with Crippen LogP contribution < -0.4 is 5.32 Å². The lowest BCUT2D eigenvalue weighted by atomic mass is 10.2. The van der Waals surface area contributed by atoms with Gasteiger partial charge < -0.3 is 10.4 Å². The van der Waals surface area contributed by atoms with Gasteiger partial charge in [0.2, 0.25) is 0 Å². The van der Waals surface area contributed by atoms with Crippen LogP contribution in [0.25, 0.3) is 0 Å². The van der Waals surface area contributed by atoms with Crippen LogP contribution in [0.1, 0.15) is 34.5 Å². The molecular formula is C12H17NO2S2. The number of carboxylic acids is 1. The van der Waals surface area contributed by atoms with Gasteiger partial charge in [0.05, 0.1) is 0 Å². The van der Waals surface area contributed by atoms with Gasteiger partial charge in [-0.05, 0) is 42.5 Å². The number of carbonyl (C=O) groups is 1. The number of nitrogens with one attached hydrogen (secondary N) is 1. The van der Waals surface area contributed by atoms with E-state index in [1.54, 1.807) is 0 Å². The van der Waals surface area contributed by atoms with Crippen molar-refractivity contribution in [1.29, 1.82) is 0 Å². The summed E-state index contributed by atoms with van der Waals surface area (Å²) in [6.45, 7) is 0.677. The van der Waals surface area contributed by atoms with E-state index in [0.29, 0.717) is 17.5 Å². The van der Waals surface area contributed by atoms with Crippen molar-refractivity contribution in [3.63, 3.8) is 0 Å². The van der Waals surface area contributed by atoms with E-state index in [1.165, 1.54) is 30.6 Å². The fourth-order valence-electron chi connectivity index (χ4n) is 2.26. The largest absolute Gasteiger partial charge is 0.477 e. The first-order valence-corrected chi connectivity index (χ1v) is 7.93. The van der Waals surface area contributed by atoms with Crippen molar-refractivity contribution >= 4 is 29.1 Å². The highest BCUT2D eigenvalue weighted by Gasteiger charge is 2.23. The van der Waals surface area contributed by atoms with E-state index in [0.717, 1.165) is 10.8 Å². The molecule has 1 heterocycles. The summed E-state index contributed by atoms with van der Waals surface area (Å²) in [5.41, 5.74) is 0.912. The summed E-state index contributed by atoms with van der Waals surface area (Å²) < 4.78 is 0. The van der Waals surface area contributed by atoms with Crippen LogP contribution >= 0.6 is 23.1 Å². The molecule has 3 nitrogen and oxygen atoms in total. The summed E-state index contributed by atoms with van der Waals surface area (Å²) in [5, 5.41) is 15.1. The highest BCUT2D eigenvalue weighted by Crippen LogP contribution is 2.28. The predicted molar refractivity (Wildman–Crippen MR) is 73.1 cm³/mol. The van der Waals surface area contributed by atoms with E-state index >= 15 is 0 Å². The van der Waals surface area contributed by atoms with Crippen LogP contribution in [0.5, 0.6) is 0 Å². The molecule has 2 unspecified atom stereocenters. The summed E-state index contributed by atoms with van der Waals surface area (Å²) in [5.74, 6) is -0.815. The third-order valence-electron chi connectivity index (χ3n) is 3.24. The lowest BCUT2D eigenvalue weighted by Crippen LogP contribution is -2.26. The minimum absolute atomic E-state index is 0.469. The van der Waals surface area contributed by atoms with Gasteiger partial charge in [0.1, 0.15) is 4.88 Å². The monoisotopic (exact) mass is 271 g/mol. The Morgan fingerprint density at radius 1 is 1.65 bits per heavy atom. The summed E-state index contributed by atoms with van der Waals surface area (Å²) in [6.07, 6.45) is 5.84. The summed E-state index contributed by atoms with van der Waals surface area (Å²) in [6, 6.07) is 2.45. The second kappa shape index (κ2) is 5.89. The van der Waals surface area contributed by atoms with Gasteiger partial charge in [0.25, 0.3) is 0 Å². The van der Waals surface area contributed by atoms with Crippen LogP contribution in [-0.4, -0.2) is 28.6 Å². The van der Waals surface area contributed by atoms with E-state index in [2.05, 4.69) is 11.6 Å². The van der Waals surface area contributed by atoms with Gasteiger partial charge in [0, 0.05) is 17.8 Å². The number of rotatable bonds is 5. The highest BCUT2D eigenvalue weighted by molar-refractivity contribution is 7.99. The third-order valence-corrected chi connectivity index (χ3v) is 5.28. The number of thiophene rings is 1. The van der Waals surface area contributed by atoms with Crippen molar-refractivity contribution in [3.8, 4) is 0 Å². The Morgan fingerprint density at radius 3 is 3.12 bits per heavy atom. The summed E-state index contributed by atoms with van der Waals surface area (Å²) in [4.78, 5) is 11.4. The Kier molecular flexibility index (Phi) is 4.48. The Hall–Kier alpha value is -0.520. The molecule has 0 aromatic carbocycles. The van der Waals surface area contributed by atoms with E-state index in [1.807, 2.05) is 23.2 Å². The lowest BCUT2D eigenvalue weighted by Gasteiger charge is -2.12. The Labute approximate surface area is 110 Å². The second-order valence-electron chi connectivity index (χ2n) is 4.33. The van der Waals surface area contributed by atoms with Crippen LogP contribution in [0.3, 0.4) is 0 Å². The molecule has 2 rings (SSSR count). The molecule has 1 fully saturated rings. The van der Waals surface area contributed by atoms with Gasteiger partial charge in [0.15, 0.2) is 0 Å². The number of hydrogen-bond donors (Lipinski definition) is 2. The average Bonchev–Trinajstić information content (AvgIpc) is 2.95. The molecule has 1 aliphatic rings. The first kappa shape index (κ1) is 12.9. The fraction of sp³-hybridized carbons (Fsp3) is 0.583. The molecule has 0 spiro atoms. The normalized spacial score (nSPS) is 24.1. The van der Waals surface area contributed by atoms with E-state index in [-0.39, 0.29) is 0 Å². The van der Waals surface area contributed by atoms with E-state index in [9.17, 15) is 4.79 Å². The molecule has 0 saturated heterocycles. The van der Waals surface area contributed by atoms with Crippen LogP contribution in [0.15, 0.2) is 11.4 Å². The molecule has 17 heavy (non-hydrogen) atoms. The van der Waals surface area contributed by atoms with Crippen molar-refractivity contribution in [2.45, 2.75) is 37.1 Å². The maximum absolute atomic E-state index is 11.0. The molecule has 2 N–H and O–H groups in total. The van der Waals surface area contributed by atoms with Crippen LogP contribution in [0.2, 0.25) is 0 Å². The maximum atomic E-state index is 11.0. The zero-order valence-corrected chi connectivity index (χ0v) is 11.4. The summed E-state index contributed by atoms with van der Waals surface area (Å²) >= 11 is 3.24. The highest BCUT2D eigenvalue weighted by atomic mass is 32.2. The smallest absolute Gasteiger partial charge is 0.346 e. The molecule has 94 valence electrons. The van der Waals surface area contributed by atoms with Crippen LogP contribution in [0, 0.1) is 0 Å². The van der Waals surface area contributed by atoms with Gasteiger partial charge in [-0.1, -0.05) is 0 Å². The van der Waals surface area contributed by atoms with E-state index in [4.69, 9.17) is 5.11 Å². The van der Waals surface area contributed by atoms with Crippen molar-refractivity contribution < 1.29 is 9.90 Å². The predicted octanol–water partition coefficient (Wildman–Crippen LogP) is 2.82. The van der Waals surface area contributed by atoms with Gasteiger partial charge in [-0.15, -0.1) is 11.3 Å². The molecular weight excluding hydrogens is 254 g/mol. The number of aromatic carboxylic acids is 1. The topological polar surface area (TPSA) is 49.3 Å². The minimum atomic E-state index is -0.815. The maximum Gasteiger partial charge on any atom is 0.346 e. The number of hydrogen-bond acceptors (Lipinski definition) is 4. The molecule has 1 aliphatic carbocycles. The summed E-state index contributed by atoms with van der Waals surface area (Å²) in [7, 11) is 0. The zero-order valence-electron chi connectivity index (χ0n) is 9.81. The first-order valence-electron chi connectivity index (χ1n) is 5.76. The molecule has 1 aromatic heterocycles. The third kappa shape index (κ3) is 3.24. The fourth-order valence-corrected chi connectivity index (χ4v) is 3.81. The molecule has 1 aromatic rings. The molecule has 0 bridgehead atoms. The molecule has 5 heteroatoms. The van der Waals surface area contributed by atoms with Crippen molar-refractivity contribution in [1.82, 2.24) is 5.32 Å². The lowest BCUT2D eigenvalue weighted by molar-refractivity contribution is 0.0701. The second-order valence-corrected chi connectivity index (χ2v) is 6.38. The molecule has 0 amide bonds. The van der Waals surface area contributed by atoms with Crippen molar-refractivity contribution in [3.05, 3.63) is 21.9 Å². The number of thioether (sulfide) groups is 1. The van der Waals surface area contributed by atoms with Crippen LogP contribution in [0.4, 0.5) is 0 Å². The zero-order chi connectivity index (χ0) is 12.3. The van der Waals surface area contributed by atoms with E-state index < -0.39 is 5.97 Å². The average molecular weight is 271 g/mol. The molecule has 0 aliphatic heterocycles. The molecule has 0 radical (unpaired) electrons. The number of carboxylic acid groups (broad SMARTS) is 1. The first-order chi connectivity index (χ1) is 8.20. The minimum Gasteiger partial charge on any atom is -0.477 e. The molecule has 1 saturated carbocycles. The quantitative estimate of drug-likeness (QED) is 0.864. The standard InChI is InChI=1S/C12H17NO2S2/c1-16-10-3-2-9(6-10)13-7-8-4-5-17-11(8)12(14)15/h4-5,9-10,13H,2-3,6-7H2,1H3,(H,14,15). The Morgan fingerprint density at radius 2 is 2.47 bits per heavy atom. The Bertz CT molecular complexity index is 392. The Balaban J connectivity index is 1.86. The van der Waals surface area contributed by atoms with Gasteiger partial charge in [-0.25, -0.2) is 4.79 Å². The molecule has 2 atom stereocenters. The van der Waals surface area contributed by atoms with Crippen molar-refractivity contribution in [2.75, 3.05) is 6.26 Å². The SMILES string of the molecule is CSC1CCC(NCc2ccsc2C(=O)O)C1. The van der Waals surface area contributed by atoms with Gasteiger partial charge in [-0.2, -0.15) is 11.8 Å². The van der Waals surface area contributed by atoms with Gasteiger partial charge in [-0.3, -0.25) is 0 Å². The van der Waals surface area contributed by atoms with Crippen LogP contribution in [-0.2, 0) is 6.54 Å². The van der Waals surface area contributed by atoms with Gasteiger partial charge >= 0.3 is 5.97 Å².